The molecule has 1 fully saturated rings. The van der Waals surface area contributed by atoms with Crippen molar-refractivity contribution < 1.29 is 9.53 Å². The zero-order valence-electron chi connectivity index (χ0n) is 10.5. The molecule has 1 heterocycles. The molecule has 0 spiro atoms. The lowest BCUT2D eigenvalue weighted by atomic mass is 10.1. The minimum absolute atomic E-state index is 0.0572. The quantitative estimate of drug-likeness (QED) is 0.754. The molecule has 0 saturated carbocycles. The molecule has 1 saturated heterocycles. The van der Waals surface area contributed by atoms with Gasteiger partial charge in [0.15, 0.2) is 0 Å². The Labute approximate surface area is 107 Å². The monoisotopic (exact) mass is 249 g/mol. The van der Waals surface area contributed by atoms with Crippen LogP contribution in [-0.4, -0.2) is 18.8 Å². The molecule has 0 bridgehead atoms. The smallest absolute Gasteiger partial charge is 0.408 e. The number of carbonyl (C=O) groups excluding carboxylic acids is 1. The van der Waals surface area contributed by atoms with Gasteiger partial charge in [0.05, 0.1) is 6.17 Å². The van der Waals surface area contributed by atoms with Gasteiger partial charge in [0, 0.05) is 12.5 Å². The molecule has 18 heavy (non-hydrogen) atoms. The van der Waals surface area contributed by atoms with Crippen LogP contribution >= 0.6 is 0 Å². The topological polar surface area (TPSA) is 62.4 Å². The van der Waals surface area contributed by atoms with Gasteiger partial charge in [0.2, 0.25) is 0 Å². The van der Waals surface area contributed by atoms with E-state index in [0.29, 0.717) is 12.5 Å². The highest BCUT2D eigenvalue weighted by Crippen LogP contribution is 2.09. The Morgan fingerprint density at radius 1 is 1.44 bits per heavy atom. The Balaban J connectivity index is 1.75. The number of hydrazine groups is 1. The number of rotatable bonds is 4. The minimum atomic E-state index is -0.390. The Morgan fingerprint density at radius 2 is 2.22 bits per heavy atom. The van der Waals surface area contributed by atoms with E-state index in [1.165, 1.54) is 0 Å². The molecule has 2 unspecified atom stereocenters. The number of hydrogen-bond donors (Lipinski definition) is 3. The van der Waals surface area contributed by atoms with Gasteiger partial charge >= 0.3 is 6.09 Å². The number of benzene rings is 1. The van der Waals surface area contributed by atoms with Gasteiger partial charge in [-0.05, 0) is 12.0 Å². The maximum Gasteiger partial charge on any atom is 0.408 e. The second-order valence-electron chi connectivity index (χ2n) is 4.38. The fraction of sp³-hybridized carbons (Fsp3) is 0.462. The van der Waals surface area contributed by atoms with Crippen molar-refractivity contribution in [2.45, 2.75) is 26.1 Å². The van der Waals surface area contributed by atoms with Gasteiger partial charge in [-0.3, -0.25) is 5.43 Å². The number of nitrogens with one attached hydrogen (secondary N) is 3. The fourth-order valence-electron chi connectivity index (χ4n) is 1.96. The van der Waals surface area contributed by atoms with Gasteiger partial charge in [-0.25, -0.2) is 10.2 Å². The van der Waals surface area contributed by atoms with Crippen LogP contribution in [-0.2, 0) is 11.3 Å². The summed E-state index contributed by atoms with van der Waals surface area (Å²) >= 11 is 0. The van der Waals surface area contributed by atoms with Crippen LogP contribution in [0.4, 0.5) is 4.79 Å². The molecule has 5 heteroatoms. The Hall–Kier alpha value is -1.59. The molecule has 0 aliphatic carbocycles. The third kappa shape index (κ3) is 3.45. The average molecular weight is 249 g/mol. The number of hydrogen-bond acceptors (Lipinski definition) is 4. The van der Waals surface area contributed by atoms with E-state index in [2.05, 4.69) is 23.1 Å². The lowest BCUT2D eigenvalue weighted by Crippen LogP contribution is -2.47. The highest BCUT2D eigenvalue weighted by molar-refractivity contribution is 5.67. The van der Waals surface area contributed by atoms with Gasteiger partial charge in [0.25, 0.3) is 0 Å². The van der Waals surface area contributed by atoms with Crippen molar-refractivity contribution in [2.75, 3.05) is 6.54 Å². The van der Waals surface area contributed by atoms with E-state index in [1.54, 1.807) is 0 Å². The third-order valence-corrected chi connectivity index (χ3v) is 3.10. The number of ether oxygens (including phenoxy) is 1. The third-order valence-electron chi connectivity index (χ3n) is 3.10. The summed E-state index contributed by atoms with van der Waals surface area (Å²) in [4.78, 5) is 11.6. The molecule has 5 nitrogen and oxygen atoms in total. The molecule has 1 aromatic rings. The number of carbonyl (C=O) groups is 1. The van der Waals surface area contributed by atoms with Crippen molar-refractivity contribution in [3.05, 3.63) is 35.9 Å². The lowest BCUT2D eigenvalue weighted by molar-refractivity contribution is 0.131. The summed E-state index contributed by atoms with van der Waals surface area (Å²) < 4.78 is 5.17. The number of amides is 1. The molecule has 3 N–H and O–H groups in total. The maximum absolute atomic E-state index is 11.6. The molecule has 1 amide bonds. The van der Waals surface area contributed by atoms with Crippen LogP contribution in [0.5, 0.6) is 0 Å². The predicted octanol–water partition coefficient (Wildman–Crippen LogP) is 1.37. The normalized spacial score (nSPS) is 22.7. The highest BCUT2D eigenvalue weighted by atomic mass is 16.5. The summed E-state index contributed by atoms with van der Waals surface area (Å²) in [7, 11) is 0. The Kier molecular flexibility index (Phi) is 4.55. The standard InChI is InChI=1S/C13H19N3O2/c1-2-11-8-14-16-12(11)15-13(17)18-9-10-6-4-3-5-7-10/h3-7,11-12,14,16H,2,8-9H2,1H3,(H,15,17). The molecular weight excluding hydrogens is 230 g/mol. The zero-order chi connectivity index (χ0) is 12.8. The molecule has 0 radical (unpaired) electrons. The van der Waals surface area contributed by atoms with Crippen LogP contribution in [0.15, 0.2) is 30.3 Å². The van der Waals surface area contributed by atoms with Crippen molar-refractivity contribution in [1.82, 2.24) is 16.2 Å². The summed E-state index contributed by atoms with van der Waals surface area (Å²) in [5.41, 5.74) is 7.04. The first-order chi connectivity index (χ1) is 8.79. The van der Waals surface area contributed by atoms with Crippen molar-refractivity contribution in [1.29, 1.82) is 0 Å². The SMILES string of the molecule is CCC1CNNC1NC(=O)OCc1ccccc1. The highest BCUT2D eigenvalue weighted by Gasteiger charge is 2.26. The van der Waals surface area contributed by atoms with Crippen LogP contribution < -0.4 is 16.2 Å². The van der Waals surface area contributed by atoms with Crippen molar-refractivity contribution in [2.24, 2.45) is 5.92 Å². The van der Waals surface area contributed by atoms with Gasteiger partial charge < -0.3 is 10.1 Å². The van der Waals surface area contributed by atoms with E-state index in [1.807, 2.05) is 30.3 Å². The van der Waals surface area contributed by atoms with E-state index in [-0.39, 0.29) is 6.17 Å². The van der Waals surface area contributed by atoms with Gasteiger partial charge in [0.1, 0.15) is 6.61 Å². The molecule has 1 aromatic carbocycles. The number of alkyl carbamates (subject to hydrolysis) is 1. The molecular formula is C13H19N3O2. The lowest BCUT2D eigenvalue weighted by Gasteiger charge is -2.18. The van der Waals surface area contributed by atoms with Crippen molar-refractivity contribution in [3.63, 3.8) is 0 Å². The zero-order valence-corrected chi connectivity index (χ0v) is 10.5. The second kappa shape index (κ2) is 6.37. The van der Waals surface area contributed by atoms with Crippen LogP contribution in [0.25, 0.3) is 0 Å². The van der Waals surface area contributed by atoms with Crippen molar-refractivity contribution in [3.8, 4) is 0 Å². The molecule has 0 aromatic heterocycles. The molecule has 98 valence electrons. The van der Waals surface area contributed by atoms with Gasteiger partial charge in [-0.15, -0.1) is 0 Å². The molecule has 2 rings (SSSR count). The Bertz CT molecular complexity index is 383. The first kappa shape index (κ1) is 12.9. The first-order valence-corrected chi connectivity index (χ1v) is 6.25. The molecule has 1 aliphatic rings. The van der Waals surface area contributed by atoms with Crippen molar-refractivity contribution >= 4 is 6.09 Å². The fourth-order valence-corrected chi connectivity index (χ4v) is 1.96. The van der Waals surface area contributed by atoms with Crippen LogP contribution in [0.2, 0.25) is 0 Å². The largest absolute Gasteiger partial charge is 0.445 e. The molecule has 1 aliphatic heterocycles. The summed E-state index contributed by atoms with van der Waals surface area (Å²) in [5.74, 6) is 0.397. The Morgan fingerprint density at radius 3 is 2.94 bits per heavy atom. The van der Waals surface area contributed by atoms with E-state index in [9.17, 15) is 4.79 Å². The van der Waals surface area contributed by atoms with E-state index in [4.69, 9.17) is 4.74 Å². The summed E-state index contributed by atoms with van der Waals surface area (Å²) in [6, 6.07) is 9.64. The predicted molar refractivity (Wildman–Crippen MR) is 68.5 cm³/mol. The maximum atomic E-state index is 11.6. The van der Waals surface area contributed by atoms with E-state index in [0.717, 1.165) is 18.5 Å². The summed E-state index contributed by atoms with van der Waals surface area (Å²) in [5, 5.41) is 2.82. The van der Waals surface area contributed by atoms with Gasteiger partial charge in [-0.1, -0.05) is 37.3 Å². The van der Waals surface area contributed by atoms with E-state index < -0.39 is 6.09 Å². The first-order valence-electron chi connectivity index (χ1n) is 6.25. The van der Waals surface area contributed by atoms with Gasteiger partial charge in [-0.2, -0.15) is 0 Å². The molecule has 2 atom stereocenters. The van der Waals surface area contributed by atoms with Crippen LogP contribution in [0.1, 0.15) is 18.9 Å². The minimum Gasteiger partial charge on any atom is -0.445 e. The van der Waals surface area contributed by atoms with Crippen LogP contribution in [0, 0.1) is 5.92 Å². The van der Waals surface area contributed by atoms with E-state index >= 15 is 0 Å². The average Bonchev–Trinajstić information content (AvgIpc) is 2.85. The van der Waals surface area contributed by atoms with Crippen LogP contribution in [0.3, 0.4) is 0 Å². The summed E-state index contributed by atoms with van der Waals surface area (Å²) in [6.45, 7) is 3.26. The second-order valence-corrected chi connectivity index (χ2v) is 4.38. The summed E-state index contributed by atoms with van der Waals surface area (Å²) in [6.07, 6.45) is 0.556.